The third-order valence-electron chi connectivity index (χ3n) is 6.72. The van der Waals surface area contributed by atoms with Gasteiger partial charge in [0.05, 0.1) is 11.4 Å². The second kappa shape index (κ2) is 14.2. The van der Waals surface area contributed by atoms with E-state index in [1.54, 1.807) is 0 Å². The molecule has 1 aliphatic heterocycles. The van der Waals surface area contributed by atoms with Crippen molar-refractivity contribution in [1.82, 2.24) is 0 Å². The Morgan fingerprint density at radius 1 is 0.531 bits per heavy atom. The molecule has 0 radical (unpaired) electrons. The number of fused-ring (bicyclic) bond motifs is 2. The molecule has 2 aromatic rings. The molecule has 32 heavy (non-hydrogen) atoms. The van der Waals surface area contributed by atoms with E-state index >= 15 is 0 Å². The van der Waals surface area contributed by atoms with E-state index < -0.39 is 0 Å². The van der Waals surface area contributed by atoms with Crippen LogP contribution in [0.3, 0.4) is 0 Å². The summed E-state index contributed by atoms with van der Waals surface area (Å²) in [7, 11) is 0. The first-order valence-electron chi connectivity index (χ1n) is 13.5. The van der Waals surface area contributed by atoms with Gasteiger partial charge in [0.2, 0.25) is 0 Å². The van der Waals surface area contributed by atoms with Crippen molar-refractivity contribution in [3.63, 3.8) is 0 Å². The Morgan fingerprint density at radius 3 is 1.38 bits per heavy atom. The normalized spacial score (nSPS) is 12.1. The molecule has 3 rings (SSSR count). The molecule has 2 nitrogen and oxygen atoms in total. The van der Waals surface area contributed by atoms with Gasteiger partial charge in [0.15, 0.2) is 11.5 Å². The molecule has 0 spiro atoms. The largest absolute Gasteiger partial charge is 0.453 e. The average molecular weight is 436 g/mol. The first-order chi connectivity index (χ1) is 15.8. The maximum atomic E-state index is 6.34. The predicted molar refractivity (Wildman–Crippen MR) is 140 cm³/mol. The van der Waals surface area contributed by atoms with E-state index in [4.69, 9.17) is 4.74 Å². The summed E-state index contributed by atoms with van der Waals surface area (Å²) >= 11 is 0. The van der Waals surface area contributed by atoms with Gasteiger partial charge in [-0.25, -0.2) is 0 Å². The fourth-order valence-electron chi connectivity index (χ4n) is 4.66. The molecule has 0 unspecified atom stereocenters. The summed E-state index contributed by atoms with van der Waals surface area (Å²) in [5.41, 5.74) is 4.95. The first kappa shape index (κ1) is 24.7. The number of unbranched alkanes of at least 4 members (excludes halogenated alkanes) is 12. The summed E-state index contributed by atoms with van der Waals surface area (Å²) in [5, 5.41) is 3.56. The van der Waals surface area contributed by atoms with Crippen molar-refractivity contribution in [2.45, 2.75) is 117 Å². The third kappa shape index (κ3) is 8.19. The highest BCUT2D eigenvalue weighted by atomic mass is 16.5. The second-order valence-corrected chi connectivity index (χ2v) is 9.63. The van der Waals surface area contributed by atoms with Crippen molar-refractivity contribution in [2.75, 3.05) is 5.32 Å². The lowest BCUT2D eigenvalue weighted by atomic mass is 10.0. The van der Waals surface area contributed by atoms with Gasteiger partial charge in [0.1, 0.15) is 0 Å². The van der Waals surface area contributed by atoms with E-state index in [0.717, 1.165) is 35.7 Å². The van der Waals surface area contributed by atoms with Crippen LogP contribution in [0.25, 0.3) is 0 Å². The van der Waals surface area contributed by atoms with E-state index in [9.17, 15) is 0 Å². The highest BCUT2D eigenvalue weighted by Gasteiger charge is 2.17. The fourth-order valence-corrected chi connectivity index (χ4v) is 4.66. The topological polar surface area (TPSA) is 21.3 Å². The Hall–Kier alpha value is -1.96. The number of aryl methyl sites for hydroxylation is 2. The molecule has 176 valence electrons. The number of rotatable bonds is 16. The zero-order valence-electron chi connectivity index (χ0n) is 20.7. The van der Waals surface area contributed by atoms with Crippen LogP contribution < -0.4 is 10.1 Å². The molecule has 2 heteroatoms. The van der Waals surface area contributed by atoms with Crippen molar-refractivity contribution in [3.8, 4) is 11.5 Å². The molecule has 0 saturated heterocycles. The lowest BCUT2D eigenvalue weighted by Gasteiger charge is -2.23. The van der Waals surface area contributed by atoms with Crippen molar-refractivity contribution >= 4 is 11.4 Å². The second-order valence-electron chi connectivity index (χ2n) is 9.63. The van der Waals surface area contributed by atoms with E-state index in [1.807, 2.05) is 0 Å². The van der Waals surface area contributed by atoms with Crippen molar-refractivity contribution in [3.05, 3.63) is 47.5 Å². The number of nitrogens with one attached hydrogen (secondary N) is 1. The molecular weight excluding hydrogens is 390 g/mol. The van der Waals surface area contributed by atoms with E-state index in [-0.39, 0.29) is 0 Å². The van der Waals surface area contributed by atoms with Gasteiger partial charge in [-0.15, -0.1) is 0 Å². The zero-order valence-corrected chi connectivity index (χ0v) is 20.7. The summed E-state index contributed by atoms with van der Waals surface area (Å²) in [6, 6.07) is 13.4. The predicted octanol–water partition coefficient (Wildman–Crippen LogP) is 10.1. The van der Waals surface area contributed by atoms with Crippen molar-refractivity contribution in [2.24, 2.45) is 0 Å². The maximum Gasteiger partial charge on any atom is 0.151 e. The summed E-state index contributed by atoms with van der Waals surface area (Å²) < 4.78 is 6.34. The minimum Gasteiger partial charge on any atom is -0.453 e. The van der Waals surface area contributed by atoms with Crippen molar-refractivity contribution in [1.29, 1.82) is 0 Å². The number of hydrogen-bond donors (Lipinski definition) is 1. The molecule has 0 bridgehead atoms. The summed E-state index contributed by atoms with van der Waals surface area (Å²) in [6.45, 7) is 4.56. The number of benzene rings is 2. The van der Waals surface area contributed by atoms with Crippen LogP contribution >= 0.6 is 0 Å². The van der Waals surface area contributed by atoms with Crippen LogP contribution in [0.2, 0.25) is 0 Å². The van der Waals surface area contributed by atoms with Crippen molar-refractivity contribution < 1.29 is 4.74 Å². The highest BCUT2D eigenvalue weighted by Crippen LogP contribution is 2.42. The van der Waals surface area contributed by atoms with Gasteiger partial charge in [-0.1, -0.05) is 103 Å². The average Bonchev–Trinajstić information content (AvgIpc) is 2.81. The van der Waals surface area contributed by atoms with Gasteiger partial charge in [-0.3, -0.25) is 0 Å². The van der Waals surface area contributed by atoms with Crippen LogP contribution in [-0.4, -0.2) is 0 Å². The lowest BCUT2D eigenvalue weighted by Crippen LogP contribution is -2.04. The van der Waals surface area contributed by atoms with Gasteiger partial charge < -0.3 is 10.1 Å². The van der Waals surface area contributed by atoms with Crippen LogP contribution in [0.5, 0.6) is 11.5 Å². The molecule has 0 aromatic heterocycles. The monoisotopic (exact) mass is 435 g/mol. The molecule has 2 aromatic carbocycles. The standard InChI is InChI=1S/C30H45NO/c1-3-5-7-9-11-13-15-17-25-19-21-27-29(23-25)32-30-24-26(20-22-28(30)31-27)18-16-14-12-10-8-6-4-2/h19-24,31H,3-18H2,1-2H3. The van der Waals surface area contributed by atoms with Crippen LogP contribution in [0.1, 0.15) is 115 Å². The van der Waals surface area contributed by atoms with Crippen LogP contribution in [0.15, 0.2) is 36.4 Å². The van der Waals surface area contributed by atoms with Gasteiger partial charge in [0, 0.05) is 0 Å². The summed E-state index contributed by atoms with van der Waals surface area (Å²) in [5.74, 6) is 1.96. The fraction of sp³-hybridized carbons (Fsp3) is 0.600. The molecule has 0 aliphatic carbocycles. The number of anilines is 2. The Morgan fingerprint density at radius 2 is 0.938 bits per heavy atom. The SMILES string of the molecule is CCCCCCCCCc1ccc2c(c1)Oc1cc(CCCCCCCCC)ccc1N2. The van der Waals surface area contributed by atoms with Crippen LogP contribution in [0, 0.1) is 0 Å². The first-order valence-corrected chi connectivity index (χ1v) is 13.5. The van der Waals surface area contributed by atoms with Crippen LogP contribution in [-0.2, 0) is 12.8 Å². The van der Waals surface area contributed by atoms with Gasteiger partial charge >= 0.3 is 0 Å². The molecule has 1 heterocycles. The summed E-state index contributed by atoms with van der Waals surface area (Å²) in [6.07, 6.45) is 21.3. The minimum absolute atomic E-state index is 0.978. The lowest BCUT2D eigenvalue weighted by molar-refractivity contribution is 0.479. The van der Waals surface area contributed by atoms with Gasteiger partial charge in [-0.2, -0.15) is 0 Å². The molecule has 0 saturated carbocycles. The maximum absolute atomic E-state index is 6.34. The van der Waals surface area contributed by atoms with Gasteiger partial charge in [-0.05, 0) is 61.1 Å². The molecule has 1 N–H and O–H groups in total. The molecule has 0 atom stereocenters. The van der Waals surface area contributed by atoms with Gasteiger partial charge in [0.25, 0.3) is 0 Å². The zero-order chi connectivity index (χ0) is 22.4. The molecule has 1 aliphatic rings. The molecular formula is C30H45NO. The number of hydrogen-bond acceptors (Lipinski definition) is 2. The quantitative estimate of drug-likeness (QED) is 0.226. The van der Waals surface area contributed by atoms with E-state index in [0.29, 0.717) is 0 Å². The van der Waals surface area contributed by atoms with E-state index in [2.05, 4.69) is 55.6 Å². The molecule has 0 amide bonds. The van der Waals surface area contributed by atoms with E-state index in [1.165, 1.54) is 101 Å². The summed E-state index contributed by atoms with van der Waals surface area (Å²) in [4.78, 5) is 0. The Bertz CT molecular complexity index is 732. The smallest absolute Gasteiger partial charge is 0.151 e. The minimum atomic E-state index is 0.978. The Kier molecular flexibility index (Phi) is 11.0. The Labute approximate surface area is 197 Å². The number of ether oxygens (including phenoxy) is 1. The third-order valence-corrected chi connectivity index (χ3v) is 6.72. The van der Waals surface area contributed by atoms with Crippen LogP contribution in [0.4, 0.5) is 11.4 Å². The molecule has 0 fully saturated rings. The highest BCUT2D eigenvalue weighted by molar-refractivity contribution is 5.76. The Balaban J connectivity index is 1.44.